The second-order valence-corrected chi connectivity index (χ2v) is 7.49. The molecule has 0 unspecified atom stereocenters. The molecule has 0 saturated carbocycles. The molecule has 0 bridgehead atoms. The monoisotopic (exact) mass is 346 g/mol. The highest BCUT2D eigenvalue weighted by molar-refractivity contribution is 5.76. The van der Waals surface area contributed by atoms with E-state index in [2.05, 4.69) is 10.3 Å². The number of aromatic nitrogens is 2. The smallest absolute Gasteiger partial charge is 0.317 e. The van der Waals surface area contributed by atoms with E-state index in [0.717, 1.165) is 36.1 Å². The van der Waals surface area contributed by atoms with Gasteiger partial charge >= 0.3 is 6.03 Å². The zero-order chi connectivity index (χ0) is 18.6. The molecule has 1 heterocycles. The van der Waals surface area contributed by atoms with E-state index in [9.17, 15) is 9.90 Å². The summed E-state index contributed by atoms with van der Waals surface area (Å²) in [5.41, 5.74) is 1.35. The normalized spacial score (nSPS) is 13.0. The summed E-state index contributed by atoms with van der Waals surface area (Å²) in [4.78, 5) is 18.6. The van der Waals surface area contributed by atoms with Crippen molar-refractivity contribution >= 4 is 17.1 Å². The van der Waals surface area contributed by atoms with Gasteiger partial charge in [0.25, 0.3) is 0 Å². The molecule has 2 N–H and O–H groups in total. The largest absolute Gasteiger partial charge is 0.390 e. The van der Waals surface area contributed by atoms with Crippen molar-refractivity contribution in [1.82, 2.24) is 19.8 Å². The van der Waals surface area contributed by atoms with E-state index in [1.807, 2.05) is 42.8 Å². The Labute approximate surface area is 149 Å². The van der Waals surface area contributed by atoms with Gasteiger partial charge in [0.05, 0.1) is 23.2 Å². The van der Waals surface area contributed by atoms with Crippen molar-refractivity contribution < 1.29 is 9.90 Å². The summed E-state index contributed by atoms with van der Waals surface area (Å²) in [6.45, 7) is 6.06. The van der Waals surface area contributed by atoms with Crippen LogP contribution in [0.2, 0.25) is 0 Å². The Kier molecular flexibility index (Phi) is 6.06. The van der Waals surface area contributed by atoms with Gasteiger partial charge in [0, 0.05) is 20.1 Å². The average Bonchev–Trinajstić information content (AvgIpc) is 2.82. The molecule has 1 aromatic heterocycles. The molecule has 0 fully saturated rings. The van der Waals surface area contributed by atoms with Gasteiger partial charge in [-0.3, -0.25) is 0 Å². The third kappa shape index (κ3) is 5.46. The molecule has 138 valence electrons. The summed E-state index contributed by atoms with van der Waals surface area (Å²) in [6.07, 6.45) is 2.44. The molecule has 1 atom stereocenters. The van der Waals surface area contributed by atoms with Crippen LogP contribution in [0.3, 0.4) is 0 Å². The van der Waals surface area contributed by atoms with Gasteiger partial charge in [0.15, 0.2) is 0 Å². The summed E-state index contributed by atoms with van der Waals surface area (Å²) >= 11 is 0. The SMILES string of the molecule is C[C@@H](CCCC(C)(C)O)NC(=O)N(C)Cc1nc2ccccc2n1C. The number of benzene rings is 1. The lowest BCUT2D eigenvalue weighted by Gasteiger charge is -2.22. The summed E-state index contributed by atoms with van der Waals surface area (Å²) < 4.78 is 2.02. The van der Waals surface area contributed by atoms with Crippen LogP contribution < -0.4 is 5.32 Å². The van der Waals surface area contributed by atoms with Gasteiger partial charge in [0.1, 0.15) is 5.82 Å². The number of aliphatic hydroxyl groups is 1. The number of urea groups is 1. The van der Waals surface area contributed by atoms with Crippen molar-refractivity contribution in [2.24, 2.45) is 7.05 Å². The number of imidazole rings is 1. The molecule has 0 aliphatic carbocycles. The van der Waals surface area contributed by atoms with Gasteiger partial charge in [-0.2, -0.15) is 0 Å². The third-order valence-electron chi connectivity index (χ3n) is 4.40. The molecule has 25 heavy (non-hydrogen) atoms. The minimum atomic E-state index is -0.652. The first-order chi connectivity index (χ1) is 11.7. The van der Waals surface area contributed by atoms with Crippen LogP contribution in [-0.4, -0.2) is 44.3 Å². The number of nitrogens with one attached hydrogen (secondary N) is 1. The number of hydrogen-bond donors (Lipinski definition) is 2. The molecular formula is C19H30N4O2. The zero-order valence-electron chi connectivity index (χ0n) is 15.9. The molecule has 2 aromatic rings. The number of carbonyl (C=O) groups is 1. The lowest BCUT2D eigenvalue weighted by atomic mass is 10.00. The maximum Gasteiger partial charge on any atom is 0.317 e. The van der Waals surface area contributed by atoms with Crippen molar-refractivity contribution in [3.8, 4) is 0 Å². The Bertz CT molecular complexity index is 718. The van der Waals surface area contributed by atoms with E-state index < -0.39 is 5.60 Å². The van der Waals surface area contributed by atoms with E-state index in [1.54, 1.807) is 25.8 Å². The minimum absolute atomic E-state index is 0.0674. The van der Waals surface area contributed by atoms with E-state index in [1.165, 1.54) is 0 Å². The number of amides is 2. The maximum atomic E-state index is 12.4. The highest BCUT2D eigenvalue weighted by atomic mass is 16.3. The van der Waals surface area contributed by atoms with Gasteiger partial charge in [-0.25, -0.2) is 9.78 Å². The third-order valence-corrected chi connectivity index (χ3v) is 4.40. The van der Waals surface area contributed by atoms with Crippen LogP contribution in [0, 0.1) is 0 Å². The van der Waals surface area contributed by atoms with Gasteiger partial charge in [-0.15, -0.1) is 0 Å². The molecule has 1 aromatic carbocycles. The first-order valence-electron chi connectivity index (χ1n) is 8.82. The van der Waals surface area contributed by atoms with Crippen LogP contribution in [0.25, 0.3) is 11.0 Å². The van der Waals surface area contributed by atoms with Crippen LogP contribution in [-0.2, 0) is 13.6 Å². The van der Waals surface area contributed by atoms with E-state index in [0.29, 0.717) is 6.54 Å². The fourth-order valence-electron chi connectivity index (χ4n) is 2.85. The lowest BCUT2D eigenvalue weighted by molar-refractivity contribution is 0.0676. The van der Waals surface area contributed by atoms with Crippen molar-refractivity contribution in [3.63, 3.8) is 0 Å². The molecule has 2 rings (SSSR count). The number of hydrogen-bond acceptors (Lipinski definition) is 3. The van der Waals surface area contributed by atoms with E-state index in [4.69, 9.17) is 0 Å². The van der Waals surface area contributed by atoms with Gasteiger partial charge in [0.2, 0.25) is 0 Å². The summed E-state index contributed by atoms with van der Waals surface area (Å²) in [7, 11) is 3.74. The van der Waals surface area contributed by atoms with Crippen LogP contribution in [0.5, 0.6) is 0 Å². The predicted molar refractivity (Wildman–Crippen MR) is 100 cm³/mol. The molecule has 2 amide bonds. The molecule has 0 radical (unpaired) electrons. The molecular weight excluding hydrogens is 316 g/mol. The number of carbonyl (C=O) groups excluding carboxylic acids is 1. The Morgan fingerprint density at radius 2 is 2.08 bits per heavy atom. The van der Waals surface area contributed by atoms with E-state index in [-0.39, 0.29) is 12.1 Å². The number of rotatable bonds is 7. The van der Waals surface area contributed by atoms with E-state index >= 15 is 0 Å². The van der Waals surface area contributed by atoms with Crippen molar-refractivity contribution in [2.75, 3.05) is 7.05 Å². The number of aryl methyl sites for hydroxylation is 1. The fraction of sp³-hybridized carbons (Fsp3) is 0.579. The zero-order valence-corrected chi connectivity index (χ0v) is 15.9. The van der Waals surface area contributed by atoms with Crippen LogP contribution in [0.15, 0.2) is 24.3 Å². The van der Waals surface area contributed by atoms with Gasteiger partial charge in [-0.1, -0.05) is 12.1 Å². The first-order valence-corrected chi connectivity index (χ1v) is 8.82. The van der Waals surface area contributed by atoms with Crippen molar-refractivity contribution in [1.29, 1.82) is 0 Å². The van der Waals surface area contributed by atoms with Crippen LogP contribution in [0.4, 0.5) is 4.79 Å². The molecule has 6 heteroatoms. The molecule has 0 aliphatic heterocycles. The fourth-order valence-corrected chi connectivity index (χ4v) is 2.85. The van der Waals surface area contributed by atoms with Crippen molar-refractivity contribution in [2.45, 2.75) is 58.2 Å². The second kappa shape index (κ2) is 7.87. The van der Waals surface area contributed by atoms with Gasteiger partial charge in [-0.05, 0) is 52.2 Å². The van der Waals surface area contributed by atoms with Crippen LogP contribution >= 0.6 is 0 Å². The quantitative estimate of drug-likeness (QED) is 0.809. The number of nitrogens with zero attached hydrogens (tertiary/aromatic N) is 3. The summed E-state index contributed by atoms with van der Waals surface area (Å²) in [5, 5.41) is 12.8. The molecule has 6 nitrogen and oxygen atoms in total. The minimum Gasteiger partial charge on any atom is -0.390 e. The standard InChI is InChI=1S/C19H30N4O2/c1-14(9-8-12-19(2,3)25)20-18(24)22(4)13-17-21-15-10-6-7-11-16(15)23(17)5/h6-7,10-11,14,25H,8-9,12-13H2,1-5H3,(H,20,24)/t14-/m0/s1. The Hall–Kier alpha value is -2.08. The average molecular weight is 346 g/mol. The topological polar surface area (TPSA) is 70.4 Å². The maximum absolute atomic E-state index is 12.4. The first kappa shape index (κ1) is 19.2. The Balaban J connectivity index is 1.88. The van der Waals surface area contributed by atoms with Crippen molar-refractivity contribution in [3.05, 3.63) is 30.1 Å². The highest BCUT2D eigenvalue weighted by Crippen LogP contribution is 2.16. The molecule has 0 saturated heterocycles. The van der Waals surface area contributed by atoms with Crippen LogP contribution in [0.1, 0.15) is 45.9 Å². The van der Waals surface area contributed by atoms with Gasteiger partial charge < -0.3 is 19.9 Å². The summed E-state index contributed by atoms with van der Waals surface area (Å²) in [5.74, 6) is 0.855. The molecule has 0 aliphatic rings. The second-order valence-electron chi connectivity index (χ2n) is 7.49. The number of para-hydroxylation sites is 2. The summed E-state index contributed by atoms with van der Waals surface area (Å²) in [6, 6.07) is 7.91. The predicted octanol–water partition coefficient (Wildman–Crippen LogP) is 3.04. The molecule has 0 spiro atoms. The Morgan fingerprint density at radius 1 is 1.40 bits per heavy atom. The Morgan fingerprint density at radius 3 is 2.72 bits per heavy atom. The lowest BCUT2D eigenvalue weighted by Crippen LogP contribution is -2.42. The highest BCUT2D eigenvalue weighted by Gasteiger charge is 2.17. The number of fused-ring (bicyclic) bond motifs is 1.